The van der Waals surface area contributed by atoms with Crippen molar-refractivity contribution in [3.05, 3.63) is 58.1 Å². The molecule has 1 aliphatic heterocycles. The number of nitrogens with zero attached hydrogens (tertiary/aromatic N) is 2. The van der Waals surface area contributed by atoms with E-state index in [1.807, 2.05) is 12.1 Å². The molecule has 27 heavy (non-hydrogen) atoms. The Balaban J connectivity index is 1.76. The second-order valence-electron chi connectivity index (χ2n) is 6.96. The van der Waals surface area contributed by atoms with Crippen LogP contribution in [0.3, 0.4) is 0 Å². The number of aryl methyl sites for hydroxylation is 2. The van der Waals surface area contributed by atoms with Crippen molar-refractivity contribution in [1.82, 2.24) is 4.98 Å². The number of rotatable bonds is 4. The largest absolute Gasteiger partial charge is 0.376 e. The van der Waals surface area contributed by atoms with E-state index in [9.17, 15) is 4.79 Å². The van der Waals surface area contributed by atoms with Gasteiger partial charge in [0, 0.05) is 6.61 Å². The number of ether oxygens (including phenoxy) is 1. The third kappa shape index (κ3) is 3.72. The van der Waals surface area contributed by atoms with Crippen molar-refractivity contribution in [3.63, 3.8) is 0 Å². The maximum absolute atomic E-state index is 13.3. The minimum Gasteiger partial charge on any atom is -0.376 e. The van der Waals surface area contributed by atoms with Gasteiger partial charge in [-0.15, -0.1) is 0 Å². The highest BCUT2D eigenvalue weighted by molar-refractivity contribution is 7.22. The zero-order valence-corrected chi connectivity index (χ0v) is 16.9. The average molecular weight is 401 g/mol. The van der Waals surface area contributed by atoms with Crippen LogP contribution in [0.25, 0.3) is 10.2 Å². The molecule has 1 aromatic heterocycles. The fourth-order valence-electron chi connectivity index (χ4n) is 3.49. The molecule has 1 fully saturated rings. The van der Waals surface area contributed by atoms with Crippen LogP contribution >= 0.6 is 22.9 Å². The number of hydrogen-bond donors (Lipinski definition) is 0. The molecule has 0 aliphatic carbocycles. The molecule has 0 bridgehead atoms. The van der Waals surface area contributed by atoms with Crippen molar-refractivity contribution in [3.8, 4) is 0 Å². The van der Waals surface area contributed by atoms with Crippen LogP contribution in [0.2, 0.25) is 5.02 Å². The Bertz CT molecular complexity index is 995. The molecule has 2 aromatic carbocycles. The summed E-state index contributed by atoms with van der Waals surface area (Å²) in [6, 6.07) is 11.4. The zero-order chi connectivity index (χ0) is 19.0. The molecule has 140 valence electrons. The third-order valence-electron chi connectivity index (χ3n) is 4.81. The summed E-state index contributed by atoms with van der Waals surface area (Å²) in [5, 5.41) is 1.15. The first kappa shape index (κ1) is 18.4. The average Bonchev–Trinajstić information content (AvgIpc) is 3.29. The van der Waals surface area contributed by atoms with Crippen molar-refractivity contribution < 1.29 is 9.53 Å². The number of anilines is 1. The van der Waals surface area contributed by atoms with Gasteiger partial charge in [-0.3, -0.25) is 9.69 Å². The number of carbonyl (C=O) groups is 1. The van der Waals surface area contributed by atoms with Gasteiger partial charge in [0.15, 0.2) is 5.13 Å². The Morgan fingerprint density at radius 1 is 1.33 bits per heavy atom. The Labute approximate surface area is 167 Å². The maximum Gasteiger partial charge on any atom is 0.261 e. The van der Waals surface area contributed by atoms with E-state index < -0.39 is 0 Å². The normalized spacial score (nSPS) is 16.8. The summed E-state index contributed by atoms with van der Waals surface area (Å²) >= 11 is 7.84. The van der Waals surface area contributed by atoms with E-state index in [-0.39, 0.29) is 12.0 Å². The second-order valence-corrected chi connectivity index (χ2v) is 8.37. The molecule has 1 amide bonds. The quantitative estimate of drug-likeness (QED) is 0.589. The number of aromatic nitrogens is 1. The number of carbonyl (C=O) groups excluding carboxylic acids is 1. The van der Waals surface area contributed by atoms with Gasteiger partial charge in [0.1, 0.15) is 0 Å². The van der Waals surface area contributed by atoms with Crippen molar-refractivity contribution in [2.75, 3.05) is 18.1 Å². The Kier molecular flexibility index (Phi) is 5.17. The number of benzene rings is 2. The Hall–Kier alpha value is -1.95. The second kappa shape index (κ2) is 7.58. The number of hydrogen-bond acceptors (Lipinski definition) is 4. The first-order valence-corrected chi connectivity index (χ1v) is 10.3. The van der Waals surface area contributed by atoms with Gasteiger partial charge >= 0.3 is 0 Å². The summed E-state index contributed by atoms with van der Waals surface area (Å²) in [5.41, 5.74) is 3.75. The van der Waals surface area contributed by atoms with Crippen molar-refractivity contribution in [1.29, 1.82) is 0 Å². The van der Waals surface area contributed by atoms with Crippen LogP contribution in [-0.4, -0.2) is 30.1 Å². The summed E-state index contributed by atoms with van der Waals surface area (Å²) in [7, 11) is 0. The lowest BCUT2D eigenvalue weighted by Crippen LogP contribution is -2.37. The predicted molar refractivity (Wildman–Crippen MR) is 111 cm³/mol. The topological polar surface area (TPSA) is 42.4 Å². The van der Waals surface area contributed by atoms with Crippen molar-refractivity contribution in [2.24, 2.45) is 0 Å². The molecule has 6 heteroatoms. The van der Waals surface area contributed by atoms with E-state index in [4.69, 9.17) is 21.3 Å². The number of amides is 1. The molecule has 4 nitrogen and oxygen atoms in total. The highest BCUT2D eigenvalue weighted by atomic mass is 35.5. The third-order valence-corrected chi connectivity index (χ3v) is 6.16. The summed E-state index contributed by atoms with van der Waals surface area (Å²) in [6.07, 6.45) is 2.01. The number of fused-ring (bicyclic) bond motifs is 1. The van der Waals surface area contributed by atoms with Crippen molar-refractivity contribution in [2.45, 2.75) is 32.8 Å². The summed E-state index contributed by atoms with van der Waals surface area (Å²) in [4.78, 5) is 19.9. The highest BCUT2D eigenvalue weighted by Crippen LogP contribution is 2.33. The summed E-state index contributed by atoms with van der Waals surface area (Å²) in [5.74, 6) is -0.135. The molecule has 0 N–H and O–H groups in total. The lowest BCUT2D eigenvalue weighted by molar-refractivity contribution is 0.0917. The lowest BCUT2D eigenvalue weighted by Gasteiger charge is -2.23. The number of halogens is 1. The molecule has 0 spiro atoms. The van der Waals surface area contributed by atoms with Gasteiger partial charge in [-0.1, -0.05) is 41.1 Å². The van der Waals surface area contributed by atoms with Crippen LogP contribution < -0.4 is 4.90 Å². The SMILES string of the molecule is Cc1cc(C)c2nc(N(CC3CCCO3)C(=O)c3ccccc3Cl)sc2c1. The van der Waals surface area contributed by atoms with E-state index in [0.29, 0.717) is 22.3 Å². The van der Waals surface area contributed by atoms with Crippen LogP contribution in [0.4, 0.5) is 5.13 Å². The number of thiazole rings is 1. The molecule has 0 radical (unpaired) electrons. The lowest BCUT2D eigenvalue weighted by atomic mass is 10.1. The van der Waals surface area contributed by atoms with Gasteiger partial charge in [-0.25, -0.2) is 4.98 Å². The Morgan fingerprint density at radius 2 is 2.15 bits per heavy atom. The van der Waals surface area contributed by atoms with Gasteiger partial charge in [-0.05, 0) is 56.0 Å². The van der Waals surface area contributed by atoms with Crippen LogP contribution in [0.5, 0.6) is 0 Å². The van der Waals surface area contributed by atoms with E-state index in [2.05, 4.69) is 26.0 Å². The smallest absolute Gasteiger partial charge is 0.261 e. The molecule has 0 saturated carbocycles. The molecule has 4 rings (SSSR count). The fraction of sp³-hybridized carbons (Fsp3) is 0.333. The molecule has 1 saturated heterocycles. The molecular formula is C21H21ClN2O2S. The summed E-state index contributed by atoms with van der Waals surface area (Å²) < 4.78 is 6.88. The van der Waals surface area contributed by atoms with Gasteiger partial charge < -0.3 is 4.74 Å². The molecule has 3 aromatic rings. The highest BCUT2D eigenvalue weighted by Gasteiger charge is 2.28. The van der Waals surface area contributed by atoms with E-state index in [1.165, 1.54) is 5.56 Å². The molecule has 1 aliphatic rings. The minimum absolute atomic E-state index is 0.0336. The van der Waals surface area contributed by atoms with Crippen LogP contribution in [0.15, 0.2) is 36.4 Å². The predicted octanol–water partition coefficient (Wildman–Crippen LogP) is 5.39. The van der Waals surface area contributed by atoms with E-state index in [1.54, 1.807) is 28.4 Å². The molecule has 2 heterocycles. The molecule has 1 atom stereocenters. The molecule has 1 unspecified atom stereocenters. The monoisotopic (exact) mass is 400 g/mol. The van der Waals surface area contributed by atoms with Crippen LogP contribution in [0.1, 0.15) is 34.3 Å². The maximum atomic E-state index is 13.3. The Morgan fingerprint density at radius 3 is 2.89 bits per heavy atom. The molecular weight excluding hydrogens is 380 g/mol. The van der Waals surface area contributed by atoms with Gasteiger partial charge in [0.2, 0.25) is 0 Å². The standard InChI is InChI=1S/C21H21ClN2O2S/c1-13-10-14(2)19-18(11-13)27-21(23-19)24(12-15-6-5-9-26-15)20(25)16-7-3-4-8-17(16)22/h3-4,7-8,10-11,15H,5-6,9,12H2,1-2H3. The zero-order valence-electron chi connectivity index (χ0n) is 15.4. The van der Waals surface area contributed by atoms with Crippen molar-refractivity contribution >= 4 is 44.2 Å². The van der Waals surface area contributed by atoms with Gasteiger partial charge in [0.25, 0.3) is 5.91 Å². The van der Waals surface area contributed by atoms with Gasteiger partial charge in [-0.2, -0.15) is 0 Å². The minimum atomic E-state index is -0.135. The first-order valence-electron chi connectivity index (χ1n) is 9.08. The summed E-state index contributed by atoms with van der Waals surface area (Å²) in [6.45, 7) is 5.36. The fourth-order valence-corrected chi connectivity index (χ4v) is 4.86. The van der Waals surface area contributed by atoms with E-state index in [0.717, 1.165) is 35.2 Å². The van der Waals surface area contributed by atoms with Crippen LogP contribution in [0, 0.1) is 13.8 Å². The van der Waals surface area contributed by atoms with Crippen LogP contribution in [-0.2, 0) is 4.74 Å². The van der Waals surface area contributed by atoms with Gasteiger partial charge in [0.05, 0.1) is 33.5 Å². The first-order chi connectivity index (χ1) is 13.0. The van der Waals surface area contributed by atoms with E-state index >= 15 is 0 Å².